The number of hydrogen-bond acceptors (Lipinski definition) is 7. The predicted octanol–water partition coefficient (Wildman–Crippen LogP) is 28.1. The normalized spacial score (nSPS) is 13.8. The van der Waals surface area contributed by atoms with Crippen molar-refractivity contribution in [3.8, 4) is 0 Å². The lowest BCUT2D eigenvalue weighted by Crippen LogP contribution is -2.37. The van der Waals surface area contributed by atoms with Gasteiger partial charge in [0.2, 0.25) is 0 Å². The molecule has 0 aliphatic heterocycles. The summed E-state index contributed by atoms with van der Waals surface area (Å²) >= 11 is 0. The maximum atomic E-state index is 12.9. The predicted molar refractivity (Wildman–Crippen MR) is 436 cm³/mol. The minimum Gasteiger partial charge on any atom is -0.462 e. The number of unbranched alkanes of at least 4 members (excludes halogenated alkanes) is 38. The van der Waals surface area contributed by atoms with Gasteiger partial charge in [-0.15, -0.1) is 0 Å². The van der Waals surface area contributed by atoms with Crippen LogP contribution >= 0.6 is 7.82 Å². The van der Waals surface area contributed by atoms with Crippen LogP contribution in [-0.4, -0.2) is 74.9 Å². The van der Waals surface area contributed by atoms with Gasteiger partial charge in [-0.1, -0.05) is 378 Å². The topological polar surface area (TPSA) is 108 Å². The summed E-state index contributed by atoms with van der Waals surface area (Å²) in [6, 6.07) is 0. The van der Waals surface area contributed by atoms with Crippen LogP contribution in [0.2, 0.25) is 0 Å². The molecule has 0 aromatic carbocycles. The van der Waals surface area contributed by atoms with E-state index in [0.29, 0.717) is 17.4 Å². The number of carbonyl (C=O) groups is 2. The van der Waals surface area contributed by atoms with E-state index in [1.165, 1.54) is 212 Å². The maximum absolute atomic E-state index is 12.9. The molecule has 2 atom stereocenters. The number of phosphoric ester groups is 1. The van der Waals surface area contributed by atoms with E-state index in [1.807, 2.05) is 21.1 Å². The van der Waals surface area contributed by atoms with Gasteiger partial charge in [-0.25, -0.2) is 4.57 Å². The Morgan fingerprint density at radius 1 is 0.310 bits per heavy atom. The van der Waals surface area contributed by atoms with Crippen molar-refractivity contribution >= 4 is 19.8 Å². The Kier molecular flexibility index (Phi) is 75.8. The highest BCUT2D eigenvalue weighted by molar-refractivity contribution is 7.47. The Morgan fingerprint density at radius 2 is 0.540 bits per heavy atom. The standard InChI is InChI=1S/C90H156NO8P/c1-6-8-10-12-14-16-18-20-22-24-26-28-30-32-34-36-38-40-42-44-45-47-49-51-53-55-57-59-61-63-65-67-69-71-73-75-77-79-81-83-90(93)99-88(87-98-100(94,95)97-85-84-91(3,4)5)86-96-89(92)82-80-78-76-74-72-70-68-66-64-62-60-58-56-54-52-50-48-46-43-41-39-37-35-33-31-29-27-25-23-21-19-17-15-13-11-9-7-2/h8-11,14-17,20-23,26-29,32,34,38,40,44-45,49,51,88H,6-7,12-13,18-19,24-25,30-31,33,35-37,39,41-43,46-48,50,52-87H2,1-5H3/p+1/b10-8-,11-9-,16-14-,17-15-,22-20-,23-21-,28-26-,29-27-,34-32-,40-38-,45-44-,51-49-. The average Bonchev–Trinajstić information content (AvgIpc) is 1.07. The number of hydrogen-bond donors (Lipinski definition) is 1. The van der Waals surface area contributed by atoms with Crippen molar-refractivity contribution in [3.63, 3.8) is 0 Å². The highest BCUT2D eigenvalue weighted by atomic mass is 31.2. The molecule has 0 amide bonds. The van der Waals surface area contributed by atoms with Crippen LogP contribution in [0.3, 0.4) is 0 Å². The number of rotatable bonds is 76. The molecule has 0 spiro atoms. The van der Waals surface area contributed by atoms with Crippen molar-refractivity contribution in [2.24, 2.45) is 0 Å². The second-order valence-corrected chi connectivity index (χ2v) is 30.2. The van der Waals surface area contributed by atoms with Crippen LogP contribution in [0.5, 0.6) is 0 Å². The quantitative estimate of drug-likeness (QED) is 0.0211. The van der Waals surface area contributed by atoms with Crippen LogP contribution in [0.4, 0.5) is 0 Å². The van der Waals surface area contributed by atoms with E-state index >= 15 is 0 Å². The molecule has 0 aromatic rings. The van der Waals surface area contributed by atoms with Crippen LogP contribution in [0.25, 0.3) is 0 Å². The van der Waals surface area contributed by atoms with Crippen molar-refractivity contribution in [1.29, 1.82) is 0 Å². The first-order valence-corrected chi connectivity index (χ1v) is 43.1. The summed E-state index contributed by atoms with van der Waals surface area (Å²) in [5.41, 5.74) is 0. The number of ether oxygens (including phenoxy) is 2. The molecule has 0 saturated carbocycles. The van der Waals surface area contributed by atoms with Gasteiger partial charge in [0.25, 0.3) is 0 Å². The Bertz CT molecular complexity index is 2210. The van der Waals surface area contributed by atoms with E-state index in [0.717, 1.165) is 116 Å². The number of likely N-dealkylation sites (N-methyl/N-ethyl adjacent to an activating group) is 1. The maximum Gasteiger partial charge on any atom is 0.472 e. The van der Waals surface area contributed by atoms with Crippen molar-refractivity contribution in [1.82, 2.24) is 0 Å². The first-order valence-electron chi connectivity index (χ1n) is 41.6. The zero-order valence-corrected chi connectivity index (χ0v) is 66.5. The second kappa shape index (κ2) is 79.0. The molecule has 0 rings (SSSR count). The highest BCUT2D eigenvalue weighted by Gasteiger charge is 2.27. The molecule has 2 unspecified atom stereocenters. The third-order valence-corrected chi connectivity index (χ3v) is 18.8. The molecule has 0 saturated heterocycles. The number of allylic oxidation sites excluding steroid dienone is 24. The van der Waals surface area contributed by atoms with Crippen molar-refractivity contribution in [2.45, 2.75) is 367 Å². The van der Waals surface area contributed by atoms with Crippen LogP contribution < -0.4 is 0 Å². The lowest BCUT2D eigenvalue weighted by molar-refractivity contribution is -0.870. The van der Waals surface area contributed by atoms with Gasteiger partial charge in [0.1, 0.15) is 19.8 Å². The molecule has 9 nitrogen and oxygen atoms in total. The number of phosphoric acid groups is 1. The monoisotopic (exact) mass is 1410 g/mol. The van der Waals surface area contributed by atoms with Gasteiger partial charge in [-0.3, -0.25) is 18.6 Å². The summed E-state index contributed by atoms with van der Waals surface area (Å²) in [6.07, 6.45) is 117. The van der Waals surface area contributed by atoms with Gasteiger partial charge in [-0.2, -0.15) is 0 Å². The summed E-state index contributed by atoms with van der Waals surface area (Å²) in [7, 11) is 1.48. The zero-order chi connectivity index (χ0) is 72.5. The molecule has 0 radical (unpaired) electrons. The molecule has 0 aliphatic rings. The highest BCUT2D eigenvalue weighted by Crippen LogP contribution is 2.43. The third kappa shape index (κ3) is 82.8. The molecule has 574 valence electrons. The molecule has 0 fully saturated rings. The van der Waals surface area contributed by atoms with Crippen molar-refractivity contribution in [3.05, 3.63) is 146 Å². The molecule has 0 aliphatic carbocycles. The summed E-state index contributed by atoms with van der Waals surface area (Å²) in [4.78, 5) is 36.0. The molecular formula is C90H157NO8P+. The van der Waals surface area contributed by atoms with Crippen LogP contribution in [0.1, 0.15) is 361 Å². The van der Waals surface area contributed by atoms with Gasteiger partial charge in [0.05, 0.1) is 27.7 Å². The first kappa shape index (κ1) is 95.9. The van der Waals surface area contributed by atoms with E-state index < -0.39 is 26.5 Å². The van der Waals surface area contributed by atoms with Gasteiger partial charge in [0, 0.05) is 12.8 Å². The fourth-order valence-corrected chi connectivity index (χ4v) is 12.4. The zero-order valence-electron chi connectivity index (χ0n) is 65.6. The van der Waals surface area contributed by atoms with E-state index in [4.69, 9.17) is 18.5 Å². The van der Waals surface area contributed by atoms with Crippen molar-refractivity contribution in [2.75, 3.05) is 47.5 Å². The van der Waals surface area contributed by atoms with E-state index in [2.05, 4.69) is 160 Å². The van der Waals surface area contributed by atoms with Crippen LogP contribution in [0, 0.1) is 0 Å². The van der Waals surface area contributed by atoms with E-state index in [-0.39, 0.29) is 32.0 Å². The molecule has 0 aromatic heterocycles. The van der Waals surface area contributed by atoms with Crippen LogP contribution in [0.15, 0.2) is 146 Å². The number of quaternary nitrogens is 1. The summed E-state index contributed by atoms with van der Waals surface area (Å²) < 4.78 is 34.9. The van der Waals surface area contributed by atoms with E-state index in [9.17, 15) is 19.0 Å². The molecule has 0 bridgehead atoms. The second-order valence-electron chi connectivity index (χ2n) is 28.7. The largest absolute Gasteiger partial charge is 0.472 e. The van der Waals surface area contributed by atoms with E-state index in [1.54, 1.807) is 0 Å². The molecule has 0 heterocycles. The van der Waals surface area contributed by atoms with Gasteiger partial charge >= 0.3 is 19.8 Å². The van der Waals surface area contributed by atoms with Crippen molar-refractivity contribution < 1.29 is 42.1 Å². The lowest BCUT2D eigenvalue weighted by Gasteiger charge is -2.24. The number of esters is 2. The SMILES string of the molecule is CC/C=C\C/C=C\C/C=C\C/C=C\C/C=C\C/C=C\C/C=C\C/C=C\CCCCCCCCCCCCCCCCC(=O)OC(COC(=O)CCCCCCCCCCCCCCCCCCCCCCCCCC/C=C\C/C=C\C/C=C\C/C=C\CC)COP(=O)(O)OCC[N+](C)(C)C. The summed E-state index contributed by atoms with van der Waals surface area (Å²) in [6.45, 7) is 4.24. The minimum atomic E-state index is -4.40. The number of nitrogens with zero attached hydrogens (tertiary/aromatic N) is 1. The van der Waals surface area contributed by atoms with Crippen LogP contribution in [-0.2, 0) is 32.7 Å². The Labute approximate surface area is 618 Å². The minimum absolute atomic E-state index is 0.0286. The summed E-state index contributed by atoms with van der Waals surface area (Å²) in [5.74, 6) is -0.787. The molecular weight excluding hydrogens is 1250 g/mol. The summed E-state index contributed by atoms with van der Waals surface area (Å²) in [5, 5.41) is 0. The Hall–Kier alpha value is -4.11. The van der Waals surface area contributed by atoms with Gasteiger partial charge in [0.15, 0.2) is 6.10 Å². The first-order chi connectivity index (χ1) is 49.0. The fourth-order valence-electron chi connectivity index (χ4n) is 11.6. The average molecular weight is 1410 g/mol. The number of carbonyl (C=O) groups excluding carboxylic acids is 2. The van der Waals surface area contributed by atoms with Gasteiger partial charge in [-0.05, 0) is 116 Å². The lowest BCUT2D eigenvalue weighted by atomic mass is 10.0. The molecule has 100 heavy (non-hydrogen) atoms. The molecule has 1 N–H and O–H groups in total. The smallest absolute Gasteiger partial charge is 0.462 e. The Morgan fingerprint density at radius 3 is 0.800 bits per heavy atom. The Balaban J connectivity index is 3.95. The fraction of sp³-hybridized carbons (Fsp3) is 0.711. The third-order valence-electron chi connectivity index (χ3n) is 17.9. The molecule has 10 heteroatoms. The van der Waals surface area contributed by atoms with Gasteiger partial charge < -0.3 is 18.9 Å².